The van der Waals surface area contributed by atoms with E-state index in [1.54, 1.807) is 30.3 Å². The summed E-state index contributed by atoms with van der Waals surface area (Å²) in [6, 6.07) is 10.8. The van der Waals surface area contributed by atoms with Gasteiger partial charge in [0.05, 0.1) is 18.4 Å². The molecule has 2 aromatic carbocycles. The van der Waals surface area contributed by atoms with Crippen LogP contribution in [0.25, 0.3) is 0 Å². The molecule has 0 aliphatic carbocycles. The molecule has 2 rings (SSSR count). The van der Waals surface area contributed by atoms with Gasteiger partial charge < -0.3 is 10.2 Å². The van der Waals surface area contributed by atoms with Gasteiger partial charge in [-0.1, -0.05) is 0 Å². The third-order valence-electron chi connectivity index (χ3n) is 3.10. The Hall–Kier alpha value is -2.73. The van der Waals surface area contributed by atoms with Crippen molar-refractivity contribution >= 4 is 17.5 Å². The Morgan fingerprint density at radius 1 is 1.18 bits per heavy atom. The summed E-state index contributed by atoms with van der Waals surface area (Å²) in [7, 11) is 1.33. The van der Waals surface area contributed by atoms with Crippen molar-refractivity contribution in [3.05, 3.63) is 65.0 Å². The second-order valence-corrected chi connectivity index (χ2v) is 4.60. The maximum absolute atomic E-state index is 13.0. The van der Waals surface area contributed by atoms with Crippen molar-refractivity contribution in [3.63, 3.8) is 0 Å². The van der Waals surface area contributed by atoms with E-state index in [0.29, 0.717) is 22.6 Å². The number of halogens is 1. The number of benzene rings is 2. The third-order valence-corrected chi connectivity index (χ3v) is 3.10. The number of hydrogen-bond donors (Lipinski definition) is 2. The molecule has 0 radical (unpaired) electrons. The fourth-order valence-corrected chi connectivity index (χ4v) is 1.93. The Morgan fingerprint density at radius 3 is 2.36 bits per heavy atom. The van der Waals surface area contributed by atoms with E-state index in [0.717, 1.165) is 5.56 Å². The van der Waals surface area contributed by atoms with Crippen LogP contribution in [0.2, 0.25) is 0 Å². The molecule has 0 atom stereocenters. The molecule has 6 heteroatoms. The summed E-state index contributed by atoms with van der Waals surface area (Å²) in [6.45, 7) is 1.82. The maximum atomic E-state index is 13.0. The summed E-state index contributed by atoms with van der Waals surface area (Å²) in [5, 5.41) is 0. The average molecular weight is 301 g/mol. The number of carbonyl (C=O) groups is 1. The number of methoxy groups -OCH3 is 1. The minimum atomic E-state index is -0.408. The summed E-state index contributed by atoms with van der Waals surface area (Å²) in [5.74, 6) is 5.15. The van der Waals surface area contributed by atoms with E-state index < -0.39 is 5.97 Å². The SMILES string of the molecule is COC(=O)c1ccc(N=C(NN)c2ccc(F)cc2)c(C)c1. The fraction of sp³-hybridized carbons (Fsp3) is 0.125. The summed E-state index contributed by atoms with van der Waals surface area (Å²) < 4.78 is 17.6. The van der Waals surface area contributed by atoms with Gasteiger partial charge in [-0.2, -0.15) is 0 Å². The van der Waals surface area contributed by atoms with E-state index in [2.05, 4.69) is 15.2 Å². The van der Waals surface area contributed by atoms with Crippen LogP contribution in [0, 0.1) is 12.7 Å². The van der Waals surface area contributed by atoms with E-state index >= 15 is 0 Å². The molecule has 0 amide bonds. The molecule has 5 nitrogen and oxygen atoms in total. The minimum Gasteiger partial charge on any atom is -0.465 e. The normalized spacial score (nSPS) is 11.2. The molecular weight excluding hydrogens is 285 g/mol. The van der Waals surface area contributed by atoms with Crippen molar-refractivity contribution in [2.45, 2.75) is 6.92 Å². The lowest BCUT2D eigenvalue weighted by Crippen LogP contribution is -2.30. The largest absolute Gasteiger partial charge is 0.465 e. The number of hydrogen-bond acceptors (Lipinski definition) is 4. The minimum absolute atomic E-state index is 0.335. The van der Waals surface area contributed by atoms with Gasteiger partial charge in [-0.05, 0) is 55.0 Å². The quantitative estimate of drug-likeness (QED) is 0.300. The molecular formula is C16H16FN3O2. The number of nitrogens with two attached hydrogens (primary N) is 1. The van der Waals surface area contributed by atoms with E-state index in [-0.39, 0.29) is 5.82 Å². The zero-order valence-corrected chi connectivity index (χ0v) is 12.3. The summed E-state index contributed by atoms with van der Waals surface area (Å²) in [5.41, 5.74) is 5.03. The Kier molecular flexibility index (Phi) is 4.85. The van der Waals surface area contributed by atoms with Crippen molar-refractivity contribution in [1.29, 1.82) is 0 Å². The highest BCUT2D eigenvalue weighted by atomic mass is 19.1. The fourth-order valence-electron chi connectivity index (χ4n) is 1.93. The van der Waals surface area contributed by atoms with Gasteiger partial charge >= 0.3 is 5.97 Å². The number of nitrogens with zero attached hydrogens (tertiary/aromatic N) is 1. The lowest BCUT2D eigenvalue weighted by atomic mass is 10.1. The highest BCUT2D eigenvalue weighted by Gasteiger charge is 2.08. The number of aryl methyl sites for hydroxylation is 1. The Morgan fingerprint density at radius 2 is 1.82 bits per heavy atom. The van der Waals surface area contributed by atoms with Gasteiger partial charge in [0.25, 0.3) is 0 Å². The summed E-state index contributed by atoms with van der Waals surface area (Å²) >= 11 is 0. The van der Waals surface area contributed by atoms with Crippen LogP contribution in [0.5, 0.6) is 0 Å². The first kappa shape index (κ1) is 15.7. The lowest BCUT2D eigenvalue weighted by Gasteiger charge is -2.08. The molecule has 3 N–H and O–H groups in total. The molecule has 114 valence electrons. The zero-order chi connectivity index (χ0) is 16.1. The molecule has 22 heavy (non-hydrogen) atoms. The highest BCUT2D eigenvalue weighted by Crippen LogP contribution is 2.21. The topological polar surface area (TPSA) is 76.7 Å². The smallest absolute Gasteiger partial charge is 0.337 e. The first-order valence-corrected chi connectivity index (χ1v) is 6.55. The molecule has 2 aromatic rings. The number of hydrazine groups is 1. The first-order valence-electron chi connectivity index (χ1n) is 6.55. The maximum Gasteiger partial charge on any atom is 0.337 e. The second-order valence-electron chi connectivity index (χ2n) is 4.60. The standard InChI is InChI=1S/C16H16FN3O2/c1-10-9-12(16(21)22-2)5-8-14(10)19-15(20-18)11-3-6-13(17)7-4-11/h3-9H,18H2,1-2H3,(H,19,20). The van der Waals surface area contributed by atoms with Gasteiger partial charge in [0.1, 0.15) is 11.7 Å². The number of aliphatic imine (C=N–C) groups is 1. The van der Waals surface area contributed by atoms with Crippen LogP contribution in [0.4, 0.5) is 10.1 Å². The molecule has 0 aliphatic heterocycles. The molecule has 0 fully saturated rings. The summed E-state index contributed by atoms with van der Waals surface area (Å²) in [4.78, 5) is 15.9. The zero-order valence-electron chi connectivity index (χ0n) is 12.3. The molecule has 0 saturated heterocycles. The van der Waals surface area contributed by atoms with Gasteiger partial charge in [-0.25, -0.2) is 20.0 Å². The average Bonchev–Trinajstić information content (AvgIpc) is 2.54. The van der Waals surface area contributed by atoms with Crippen LogP contribution in [0.3, 0.4) is 0 Å². The molecule has 0 unspecified atom stereocenters. The Bertz CT molecular complexity index is 712. The van der Waals surface area contributed by atoms with Crippen LogP contribution >= 0.6 is 0 Å². The summed E-state index contributed by atoms with van der Waals surface area (Å²) in [6.07, 6.45) is 0. The number of nitrogens with one attached hydrogen (secondary N) is 1. The Labute approximate surface area is 127 Å². The number of ether oxygens (including phenoxy) is 1. The van der Waals surface area contributed by atoms with Gasteiger partial charge in [-0.3, -0.25) is 0 Å². The third kappa shape index (κ3) is 3.48. The molecule has 0 saturated carbocycles. The highest BCUT2D eigenvalue weighted by molar-refractivity contribution is 6.00. The van der Waals surface area contributed by atoms with Crippen molar-refractivity contribution in [3.8, 4) is 0 Å². The van der Waals surface area contributed by atoms with Crippen LogP contribution in [-0.4, -0.2) is 18.9 Å². The van der Waals surface area contributed by atoms with Crippen molar-refractivity contribution in [1.82, 2.24) is 5.43 Å². The van der Waals surface area contributed by atoms with Crippen molar-refractivity contribution < 1.29 is 13.9 Å². The number of rotatable bonds is 3. The van der Waals surface area contributed by atoms with Crippen LogP contribution < -0.4 is 11.3 Å². The van der Waals surface area contributed by atoms with Gasteiger partial charge in [0.15, 0.2) is 0 Å². The van der Waals surface area contributed by atoms with E-state index in [1.165, 1.54) is 19.2 Å². The predicted octanol–water partition coefficient (Wildman–Crippen LogP) is 2.46. The van der Waals surface area contributed by atoms with Crippen LogP contribution in [0.15, 0.2) is 47.5 Å². The monoisotopic (exact) mass is 301 g/mol. The van der Waals surface area contributed by atoms with Crippen molar-refractivity contribution in [2.24, 2.45) is 10.8 Å². The van der Waals surface area contributed by atoms with Gasteiger partial charge in [-0.15, -0.1) is 0 Å². The van der Waals surface area contributed by atoms with Gasteiger partial charge in [0, 0.05) is 5.56 Å². The second kappa shape index (κ2) is 6.82. The molecule has 0 spiro atoms. The number of carbonyl (C=O) groups excluding carboxylic acids is 1. The molecule has 0 aromatic heterocycles. The lowest BCUT2D eigenvalue weighted by molar-refractivity contribution is 0.0600. The van der Waals surface area contributed by atoms with Gasteiger partial charge in [0.2, 0.25) is 0 Å². The van der Waals surface area contributed by atoms with E-state index in [9.17, 15) is 9.18 Å². The number of amidine groups is 1. The molecule has 0 bridgehead atoms. The number of esters is 1. The first-order chi connectivity index (χ1) is 10.5. The van der Waals surface area contributed by atoms with E-state index in [1.807, 2.05) is 6.92 Å². The predicted molar refractivity (Wildman–Crippen MR) is 82.4 cm³/mol. The van der Waals surface area contributed by atoms with E-state index in [4.69, 9.17) is 5.84 Å². The van der Waals surface area contributed by atoms with Crippen molar-refractivity contribution in [2.75, 3.05) is 7.11 Å². The van der Waals surface area contributed by atoms with Crippen LogP contribution in [0.1, 0.15) is 21.5 Å². The molecule has 0 heterocycles. The van der Waals surface area contributed by atoms with Crippen LogP contribution in [-0.2, 0) is 4.74 Å². The Balaban J connectivity index is 2.37. The molecule has 0 aliphatic rings.